The Morgan fingerprint density at radius 1 is 1.00 bits per heavy atom. The van der Waals surface area contributed by atoms with Crippen LogP contribution in [-0.4, -0.2) is 47.4 Å². The summed E-state index contributed by atoms with van der Waals surface area (Å²) in [5, 5.41) is 0.00766. The quantitative estimate of drug-likeness (QED) is 0.779. The third-order valence-electron chi connectivity index (χ3n) is 3.90. The summed E-state index contributed by atoms with van der Waals surface area (Å²) < 4.78 is 73.0. The predicted molar refractivity (Wildman–Crippen MR) is 98.2 cm³/mol. The minimum absolute atomic E-state index is 0.00766. The Kier molecular flexibility index (Phi) is 5.73. The lowest BCUT2D eigenvalue weighted by Gasteiger charge is -2.26. The van der Waals surface area contributed by atoms with E-state index < -0.39 is 30.8 Å². The molecule has 7 nitrogen and oxygen atoms in total. The minimum Gasteiger partial charge on any atom is -0.379 e. The molecule has 1 N–H and O–H groups in total. The Morgan fingerprint density at radius 2 is 1.67 bits per heavy atom. The number of sulfonamides is 2. The standard InChI is InChI=1S/C16H16ClFN2O5S2/c17-13-3-1-2-4-15(13)26(21,22)19-12-5-6-14(18)16(11-12)27(23,24)20-7-9-25-10-8-20/h1-6,11,19H,7-10H2. The van der Waals surface area contributed by atoms with Gasteiger partial charge in [0.1, 0.15) is 15.6 Å². The van der Waals surface area contributed by atoms with Crippen molar-refractivity contribution < 1.29 is 26.0 Å². The van der Waals surface area contributed by atoms with Gasteiger partial charge in [-0.15, -0.1) is 0 Å². The fraction of sp³-hybridized carbons (Fsp3) is 0.250. The van der Waals surface area contributed by atoms with Crippen LogP contribution in [0.3, 0.4) is 0 Å². The van der Waals surface area contributed by atoms with Crippen LogP contribution >= 0.6 is 11.6 Å². The van der Waals surface area contributed by atoms with E-state index in [2.05, 4.69) is 4.72 Å². The van der Waals surface area contributed by atoms with E-state index in [0.29, 0.717) is 0 Å². The zero-order valence-corrected chi connectivity index (χ0v) is 16.3. The molecule has 0 amide bonds. The summed E-state index contributed by atoms with van der Waals surface area (Å²) in [4.78, 5) is -0.780. The van der Waals surface area contributed by atoms with Gasteiger partial charge in [-0.1, -0.05) is 23.7 Å². The summed E-state index contributed by atoms with van der Waals surface area (Å²) >= 11 is 5.91. The number of benzene rings is 2. The van der Waals surface area contributed by atoms with E-state index in [4.69, 9.17) is 16.3 Å². The van der Waals surface area contributed by atoms with Crippen molar-refractivity contribution in [3.63, 3.8) is 0 Å². The molecule has 2 aromatic carbocycles. The SMILES string of the molecule is O=S(=O)(Nc1ccc(F)c(S(=O)(=O)N2CCOCC2)c1)c1ccccc1Cl. The second-order valence-electron chi connectivity index (χ2n) is 5.70. The predicted octanol–water partition coefficient (Wildman–Crippen LogP) is 2.30. The van der Waals surface area contributed by atoms with Gasteiger partial charge in [-0.05, 0) is 30.3 Å². The third-order valence-corrected chi connectivity index (χ3v) is 7.69. The zero-order valence-electron chi connectivity index (χ0n) is 13.9. The number of nitrogens with zero attached hydrogens (tertiary/aromatic N) is 1. The fourth-order valence-electron chi connectivity index (χ4n) is 2.56. The van der Waals surface area contributed by atoms with Crippen LogP contribution in [0.15, 0.2) is 52.3 Å². The van der Waals surface area contributed by atoms with Gasteiger partial charge >= 0.3 is 0 Å². The van der Waals surface area contributed by atoms with Crippen molar-refractivity contribution in [1.29, 1.82) is 0 Å². The van der Waals surface area contributed by atoms with E-state index >= 15 is 0 Å². The van der Waals surface area contributed by atoms with Gasteiger partial charge in [0.25, 0.3) is 10.0 Å². The van der Waals surface area contributed by atoms with Crippen molar-refractivity contribution in [3.8, 4) is 0 Å². The lowest BCUT2D eigenvalue weighted by atomic mass is 10.3. The molecule has 0 aromatic heterocycles. The number of morpholine rings is 1. The van der Waals surface area contributed by atoms with Gasteiger partial charge in [-0.3, -0.25) is 4.72 Å². The first kappa shape index (κ1) is 20.0. The monoisotopic (exact) mass is 434 g/mol. The molecule has 0 saturated carbocycles. The van der Waals surface area contributed by atoms with Crippen LogP contribution < -0.4 is 4.72 Å². The van der Waals surface area contributed by atoms with Crippen LogP contribution in [0.2, 0.25) is 5.02 Å². The highest BCUT2D eigenvalue weighted by Crippen LogP contribution is 2.27. The second kappa shape index (κ2) is 7.72. The third kappa shape index (κ3) is 4.25. The largest absolute Gasteiger partial charge is 0.379 e. The summed E-state index contributed by atoms with van der Waals surface area (Å²) in [6.07, 6.45) is 0. The van der Waals surface area contributed by atoms with Crippen LogP contribution in [0.1, 0.15) is 0 Å². The van der Waals surface area contributed by atoms with Crippen LogP contribution in [0.25, 0.3) is 0 Å². The summed E-state index contributed by atoms with van der Waals surface area (Å²) in [6.45, 7) is 0.605. The molecule has 0 atom stereocenters. The number of ether oxygens (including phenoxy) is 1. The second-order valence-corrected chi connectivity index (χ2v) is 9.66. The van der Waals surface area contributed by atoms with Crippen molar-refractivity contribution in [2.24, 2.45) is 0 Å². The molecule has 146 valence electrons. The molecular weight excluding hydrogens is 419 g/mol. The summed E-state index contributed by atoms with van der Waals surface area (Å²) in [5.41, 5.74) is -0.0943. The maximum atomic E-state index is 14.2. The molecule has 0 unspecified atom stereocenters. The average molecular weight is 435 g/mol. The molecule has 1 aliphatic rings. The topological polar surface area (TPSA) is 92.8 Å². The summed E-state index contributed by atoms with van der Waals surface area (Å²) in [7, 11) is -8.20. The summed E-state index contributed by atoms with van der Waals surface area (Å²) in [5.74, 6) is -0.970. The van der Waals surface area contributed by atoms with Gasteiger partial charge < -0.3 is 4.74 Å². The van der Waals surface area contributed by atoms with Crippen LogP contribution in [-0.2, 0) is 24.8 Å². The molecule has 0 bridgehead atoms. The lowest BCUT2D eigenvalue weighted by Crippen LogP contribution is -2.40. The molecule has 2 aromatic rings. The van der Waals surface area contributed by atoms with Crippen molar-refractivity contribution in [1.82, 2.24) is 4.31 Å². The Balaban J connectivity index is 1.95. The van der Waals surface area contributed by atoms with E-state index in [1.54, 1.807) is 6.07 Å². The molecule has 0 spiro atoms. The van der Waals surface area contributed by atoms with Crippen LogP contribution in [0, 0.1) is 5.82 Å². The van der Waals surface area contributed by atoms with Crippen molar-refractivity contribution in [2.45, 2.75) is 9.79 Å². The minimum atomic E-state index is -4.13. The molecule has 1 fully saturated rings. The number of hydrogen-bond donors (Lipinski definition) is 1. The number of halogens is 2. The Morgan fingerprint density at radius 3 is 2.33 bits per heavy atom. The smallest absolute Gasteiger partial charge is 0.263 e. The number of nitrogens with one attached hydrogen (secondary N) is 1. The number of hydrogen-bond acceptors (Lipinski definition) is 5. The maximum absolute atomic E-state index is 14.2. The van der Waals surface area contributed by atoms with Gasteiger partial charge in [0.05, 0.1) is 23.9 Å². The number of rotatable bonds is 5. The Hall–Kier alpha value is -1.72. The maximum Gasteiger partial charge on any atom is 0.263 e. The normalized spacial score (nSPS) is 16.2. The zero-order chi connectivity index (χ0) is 19.7. The molecule has 1 heterocycles. The van der Waals surface area contributed by atoms with Gasteiger partial charge in [0.2, 0.25) is 10.0 Å². The van der Waals surface area contributed by atoms with Crippen molar-refractivity contribution in [3.05, 3.63) is 53.3 Å². The van der Waals surface area contributed by atoms with Crippen LogP contribution in [0.5, 0.6) is 0 Å². The first-order valence-corrected chi connectivity index (χ1v) is 11.2. The Labute approximate surface area is 161 Å². The molecule has 1 saturated heterocycles. The first-order valence-electron chi connectivity index (χ1n) is 7.86. The van der Waals surface area contributed by atoms with E-state index in [0.717, 1.165) is 22.5 Å². The highest BCUT2D eigenvalue weighted by molar-refractivity contribution is 7.92. The Bertz CT molecular complexity index is 1050. The van der Waals surface area contributed by atoms with E-state index in [1.807, 2.05) is 0 Å². The molecule has 0 radical (unpaired) electrons. The van der Waals surface area contributed by atoms with E-state index in [1.165, 1.54) is 18.2 Å². The average Bonchev–Trinajstić information content (AvgIpc) is 2.64. The van der Waals surface area contributed by atoms with E-state index in [-0.39, 0.29) is 41.9 Å². The molecule has 3 rings (SSSR count). The van der Waals surface area contributed by atoms with Gasteiger partial charge in [-0.25, -0.2) is 21.2 Å². The lowest BCUT2D eigenvalue weighted by molar-refractivity contribution is 0.0729. The molecule has 11 heteroatoms. The highest BCUT2D eigenvalue weighted by Gasteiger charge is 2.29. The van der Waals surface area contributed by atoms with Crippen molar-refractivity contribution >= 4 is 37.3 Å². The molecule has 0 aliphatic carbocycles. The van der Waals surface area contributed by atoms with Gasteiger partial charge in [-0.2, -0.15) is 4.31 Å². The van der Waals surface area contributed by atoms with Gasteiger partial charge in [0, 0.05) is 13.1 Å². The summed E-state index contributed by atoms with van der Waals surface area (Å²) in [6, 6.07) is 8.79. The van der Waals surface area contributed by atoms with Crippen LogP contribution in [0.4, 0.5) is 10.1 Å². The number of anilines is 1. The first-order chi connectivity index (χ1) is 12.7. The van der Waals surface area contributed by atoms with E-state index in [9.17, 15) is 21.2 Å². The highest BCUT2D eigenvalue weighted by atomic mass is 35.5. The van der Waals surface area contributed by atoms with Gasteiger partial charge in [0.15, 0.2) is 0 Å². The fourth-order valence-corrected chi connectivity index (χ4v) is 5.63. The molecule has 27 heavy (non-hydrogen) atoms. The molecule has 1 aliphatic heterocycles. The van der Waals surface area contributed by atoms with Crippen molar-refractivity contribution in [2.75, 3.05) is 31.0 Å². The molecular formula is C16H16ClFN2O5S2.